The van der Waals surface area contributed by atoms with E-state index >= 15 is 0 Å². The van der Waals surface area contributed by atoms with E-state index in [1.165, 1.54) is 12.8 Å². The van der Waals surface area contributed by atoms with Crippen LogP contribution in [-0.4, -0.2) is 19.0 Å². The van der Waals surface area contributed by atoms with Crippen LogP contribution >= 0.6 is 0 Å². The lowest BCUT2D eigenvalue weighted by atomic mass is 9.93. The lowest BCUT2D eigenvalue weighted by Gasteiger charge is -2.39. The lowest BCUT2D eigenvalue weighted by Crippen LogP contribution is -2.41. The molecule has 0 unspecified atom stereocenters. The third-order valence-corrected chi connectivity index (χ3v) is 3.04. The molecule has 2 atom stereocenters. The van der Waals surface area contributed by atoms with Crippen LogP contribution in [0.3, 0.4) is 0 Å². The van der Waals surface area contributed by atoms with Crippen LogP contribution in [-0.2, 0) is 9.47 Å². The minimum atomic E-state index is -0.343. The van der Waals surface area contributed by atoms with Crippen molar-refractivity contribution in [2.75, 3.05) is 13.2 Å². The number of ether oxygens (including phenoxy) is 2. The second-order valence-corrected chi connectivity index (χ2v) is 3.98. The summed E-state index contributed by atoms with van der Waals surface area (Å²) in [6, 6.07) is 0. The van der Waals surface area contributed by atoms with Gasteiger partial charge in [-0.15, -0.1) is 0 Å². The molecule has 0 N–H and O–H groups in total. The highest BCUT2D eigenvalue weighted by atomic mass is 16.7. The topological polar surface area (TPSA) is 18.5 Å². The first-order valence-corrected chi connectivity index (χ1v) is 5.30. The minimum absolute atomic E-state index is 0.343. The molecular weight excluding hydrogens is 164 g/mol. The number of hydrogen-bond acceptors (Lipinski definition) is 2. The van der Waals surface area contributed by atoms with E-state index in [-0.39, 0.29) is 5.79 Å². The Morgan fingerprint density at radius 3 is 2.92 bits per heavy atom. The van der Waals surface area contributed by atoms with Gasteiger partial charge in [-0.3, -0.25) is 0 Å². The molecule has 2 aliphatic heterocycles. The molecule has 0 amide bonds. The van der Waals surface area contributed by atoms with Gasteiger partial charge >= 0.3 is 0 Å². The van der Waals surface area contributed by atoms with Crippen LogP contribution in [0.15, 0.2) is 12.2 Å². The zero-order valence-corrected chi connectivity index (χ0v) is 8.29. The van der Waals surface area contributed by atoms with E-state index in [9.17, 15) is 0 Å². The van der Waals surface area contributed by atoms with Gasteiger partial charge in [0.05, 0.1) is 13.2 Å². The molecular formula is C11H18O2. The molecule has 13 heavy (non-hydrogen) atoms. The third-order valence-electron chi connectivity index (χ3n) is 3.04. The van der Waals surface area contributed by atoms with Crippen LogP contribution in [0, 0.1) is 5.92 Å². The summed E-state index contributed by atoms with van der Waals surface area (Å²) in [4.78, 5) is 0. The summed E-state index contributed by atoms with van der Waals surface area (Å²) < 4.78 is 11.5. The summed E-state index contributed by atoms with van der Waals surface area (Å²) in [6.07, 6.45) is 8.79. The van der Waals surface area contributed by atoms with Crippen molar-refractivity contribution in [3.05, 3.63) is 12.2 Å². The second-order valence-electron chi connectivity index (χ2n) is 3.98. The summed E-state index contributed by atoms with van der Waals surface area (Å²) in [5.74, 6) is 0.397. The van der Waals surface area contributed by atoms with Crippen LogP contribution in [0.1, 0.15) is 32.6 Å². The first-order valence-electron chi connectivity index (χ1n) is 5.30. The molecule has 2 heterocycles. The minimum Gasteiger partial charge on any atom is -0.346 e. The van der Waals surface area contributed by atoms with Crippen molar-refractivity contribution in [3.63, 3.8) is 0 Å². The monoisotopic (exact) mass is 182 g/mol. The Morgan fingerprint density at radius 1 is 1.46 bits per heavy atom. The summed E-state index contributed by atoms with van der Waals surface area (Å²) >= 11 is 0. The molecule has 1 fully saturated rings. The Labute approximate surface area is 79.9 Å². The molecule has 0 saturated carbocycles. The van der Waals surface area contributed by atoms with E-state index in [1.807, 2.05) is 0 Å². The van der Waals surface area contributed by atoms with Gasteiger partial charge in [0.1, 0.15) is 0 Å². The largest absolute Gasteiger partial charge is 0.346 e. The molecule has 0 aromatic rings. The Kier molecular flexibility index (Phi) is 2.70. The molecule has 1 saturated heterocycles. The van der Waals surface area contributed by atoms with E-state index in [0.29, 0.717) is 0 Å². The fourth-order valence-corrected chi connectivity index (χ4v) is 2.00. The average molecular weight is 182 g/mol. The predicted molar refractivity (Wildman–Crippen MR) is 51.4 cm³/mol. The van der Waals surface area contributed by atoms with E-state index < -0.39 is 0 Å². The standard InChI is InChI=1S/C11H18O2/c1-2-10-5-7-11(13-9-10)6-3-4-8-12-11/h3,6,10H,2,4-5,7-9H2,1H3/t10-,11+/m1/s1. The Morgan fingerprint density at radius 2 is 2.38 bits per heavy atom. The van der Waals surface area contributed by atoms with Crippen LogP contribution < -0.4 is 0 Å². The molecule has 0 aliphatic carbocycles. The predicted octanol–water partition coefficient (Wildman–Crippen LogP) is 2.50. The second kappa shape index (κ2) is 3.81. The van der Waals surface area contributed by atoms with E-state index in [2.05, 4.69) is 19.1 Å². The molecule has 2 aliphatic rings. The van der Waals surface area contributed by atoms with Crippen LogP contribution in [0.5, 0.6) is 0 Å². The zero-order valence-electron chi connectivity index (χ0n) is 8.29. The summed E-state index contributed by atoms with van der Waals surface area (Å²) in [5.41, 5.74) is 0. The van der Waals surface area contributed by atoms with Gasteiger partial charge in [-0.25, -0.2) is 0 Å². The van der Waals surface area contributed by atoms with Crippen molar-refractivity contribution in [2.24, 2.45) is 5.92 Å². The molecule has 0 bridgehead atoms. The number of rotatable bonds is 1. The molecule has 2 rings (SSSR count). The summed E-state index contributed by atoms with van der Waals surface area (Å²) in [5, 5.41) is 0. The van der Waals surface area contributed by atoms with Crippen LogP contribution in [0.4, 0.5) is 0 Å². The van der Waals surface area contributed by atoms with Gasteiger partial charge in [-0.05, 0) is 24.8 Å². The Balaban J connectivity index is 1.95. The average Bonchev–Trinajstić information content (AvgIpc) is 2.20. The van der Waals surface area contributed by atoms with Gasteiger partial charge in [0, 0.05) is 6.42 Å². The maximum atomic E-state index is 5.80. The van der Waals surface area contributed by atoms with Crippen molar-refractivity contribution in [3.8, 4) is 0 Å². The third kappa shape index (κ3) is 1.94. The molecule has 1 spiro atoms. The van der Waals surface area contributed by atoms with Crippen LogP contribution in [0.2, 0.25) is 0 Å². The normalized spacial score (nSPS) is 39.6. The van der Waals surface area contributed by atoms with Gasteiger partial charge in [0.2, 0.25) is 0 Å². The summed E-state index contributed by atoms with van der Waals surface area (Å²) in [7, 11) is 0. The van der Waals surface area contributed by atoms with Gasteiger partial charge in [-0.2, -0.15) is 0 Å². The van der Waals surface area contributed by atoms with Crippen LogP contribution in [0.25, 0.3) is 0 Å². The highest BCUT2D eigenvalue weighted by molar-refractivity contribution is 5.01. The zero-order chi connectivity index (χ0) is 9.15. The SMILES string of the molecule is CC[C@@H]1CC[C@]2(C=CCCO2)OC1. The lowest BCUT2D eigenvalue weighted by molar-refractivity contribution is -0.237. The van der Waals surface area contributed by atoms with Gasteiger partial charge < -0.3 is 9.47 Å². The molecule has 0 aromatic heterocycles. The fourth-order valence-electron chi connectivity index (χ4n) is 2.00. The van der Waals surface area contributed by atoms with Crippen molar-refractivity contribution in [2.45, 2.75) is 38.4 Å². The smallest absolute Gasteiger partial charge is 0.187 e. The quantitative estimate of drug-likeness (QED) is 0.580. The van der Waals surface area contributed by atoms with E-state index in [0.717, 1.165) is 32.0 Å². The van der Waals surface area contributed by atoms with Crippen molar-refractivity contribution < 1.29 is 9.47 Å². The van der Waals surface area contributed by atoms with E-state index in [4.69, 9.17) is 9.47 Å². The first kappa shape index (κ1) is 9.22. The maximum Gasteiger partial charge on any atom is 0.187 e. The van der Waals surface area contributed by atoms with Crippen molar-refractivity contribution >= 4 is 0 Å². The maximum absolute atomic E-state index is 5.80. The Bertz CT molecular complexity index is 190. The molecule has 74 valence electrons. The van der Waals surface area contributed by atoms with Crippen molar-refractivity contribution in [1.82, 2.24) is 0 Å². The molecule has 0 aromatic carbocycles. The highest BCUT2D eigenvalue weighted by Crippen LogP contribution is 2.33. The van der Waals surface area contributed by atoms with Gasteiger partial charge in [0.25, 0.3) is 0 Å². The van der Waals surface area contributed by atoms with Crippen molar-refractivity contribution in [1.29, 1.82) is 0 Å². The number of hydrogen-bond donors (Lipinski definition) is 0. The van der Waals surface area contributed by atoms with Gasteiger partial charge in [0.15, 0.2) is 5.79 Å². The van der Waals surface area contributed by atoms with E-state index in [1.54, 1.807) is 0 Å². The highest BCUT2D eigenvalue weighted by Gasteiger charge is 2.35. The first-order chi connectivity index (χ1) is 6.35. The fraction of sp³-hybridized carbons (Fsp3) is 0.818. The molecule has 2 heteroatoms. The van der Waals surface area contributed by atoms with Gasteiger partial charge in [-0.1, -0.05) is 19.4 Å². The molecule has 2 nitrogen and oxygen atoms in total. The Hall–Kier alpha value is -0.340. The summed E-state index contributed by atoms with van der Waals surface area (Å²) in [6.45, 7) is 3.90. The molecule has 0 radical (unpaired) electrons.